The molecule has 0 bridgehead atoms. The van der Waals surface area contributed by atoms with Gasteiger partial charge in [-0.1, -0.05) is 109 Å². The minimum absolute atomic E-state index is 0.917. The van der Waals surface area contributed by atoms with Gasteiger partial charge in [0, 0.05) is 34.3 Å². The normalized spacial score (nSPS) is 11.8. The van der Waals surface area contributed by atoms with E-state index >= 15 is 0 Å². The van der Waals surface area contributed by atoms with Gasteiger partial charge in [-0.15, -0.1) is 0 Å². The number of rotatable bonds is 4. The zero-order chi connectivity index (χ0) is 31.6. The van der Waals surface area contributed by atoms with Crippen LogP contribution in [0, 0.1) is 0 Å². The van der Waals surface area contributed by atoms with Crippen LogP contribution in [-0.2, 0) is 0 Å². The zero-order valence-electron chi connectivity index (χ0n) is 25.9. The van der Waals surface area contributed by atoms with Crippen molar-refractivity contribution in [3.05, 3.63) is 164 Å². The lowest BCUT2D eigenvalue weighted by atomic mass is 9.88. The quantitative estimate of drug-likeness (QED) is 0.186. The van der Waals surface area contributed by atoms with Crippen LogP contribution in [0.4, 0.5) is 0 Å². The molecule has 3 nitrogen and oxygen atoms in total. The molecule has 0 radical (unpaired) electrons. The van der Waals surface area contributed by atoms with Crippen LogP contribution in [-0.4, -0.2) is 15.0 Å². The van der Waals surface area contributed by atoms with E-state index in [1.54, 1.807) is 0 Å². The summed E-state index contributed by atoms with van der Waals surface area (Å²) >= 11 is 0. The average molecular weight is 610 g/mol. The van der Waals surface area contributed by atoms with Crippen LogP contribution in [0.5, 0.6) is 0 Å². The van der Waals surface area contributed by atoms with E-state index < -0.39 is 0 Å². The number of hydrogen-bond donors (Lipinski definition) is 0. The number of benzene rings is 7. The molecule has 0 atom stereocenters. The number of pyridine rings is 3. The van der Waals surface area contributed by atoms with E-state index in [1.165, 1.54) is 37.9 Å². The van der Waals surface area contributed by atoms with E-state index in [-0.39, 0.29) is 0 Å². The zero-order valence-corrected chi connectivity index (χ0v) is 25.9. The summed E-state index contributed by atoms with van der Waals surface area (Å²) in [5, 5.41) is 9.87. The summed E-state index contributed by atoms with van der Waals surface area (Å²) in [6, 6.07) is 54.4. The van der Waals surface area contributed by atoms with E-state index in [0.29, 0.717) is 0 Å². The predicted octanol–water partition coefficient (Wildman–Crippen LogP) is 11.7. The maximum absolute atomic E-state index is 5.26. The molecule has 0 N–H and O–H groups in total. The lowest BCUT2D eigenvalue weighted by Gasteiger charge is -2.16. The fraction of sp³-hybridized carbons (Fsp3) is 0. The highest BCUT2D eigenvalue weighted by atomic mass is 14.8. The second-order valence-electron chi connectivity index (χ2n) is 12.5. The summed E-state index contributed by atoms with van der Waals surface area (Å²) in [5.41, 5.74) is 10.5. The number of hydrogen-bond acceptors (Lipinski definition) is 3. The molecule has 0 fully saturated rings. The number of aromatic nitrogens is 3. The molecule has 0 saturated carbocycles. The Hall–Kier alpha value is -6.45. The molecule has 0 aliphatic carbocycles. The van der Waals surface area contributed by atoms with Gasteiger partial charge >= 0.3 is 0 Å². The Labute approximate surface area is 277 Å². The van der Waals surface area contributed by atoms with Crippen LogP contribution in [0.2, 0.25) is 0 Å². The Balaban J connectivity index is 1.21. The first-order valence-corrected chi connectivity index (χ1v) is 16.3. The first kappa shape index (κ1) is 26.7. The van der Waals surface area contributed by atoms with Crippen molar-refractivity contribution < 1.29 is 0 Å². The first-order valence-electron chi connectivity index (χ1n) is 16.3. The second-order valence-corrected chi connectivity index (χ2v) is 12.5. The van der Waals surface area contributed by atoms with Gasteiger partial charge in [0.25, 0.3) is 0 Å². The summed E-state index contributed by atoms with van der Waals surface area (Å²) in [7, 11) is 0. The molecule has 3 heterocycles. The Kier molecular flexibility index (Phi) is 5.87. The molecule has 0 spiro atoms. The highest BCUT2D eigenvalue weighted by Gasteiger charge is 2.15. The van der Waals surface area contributed by atoms with Crippen LogP contribution < -0.4 is 0 Å². The van der Waals surface area contributed by atoms with Crippen molar-refractivity contribution in [1.82, 2.24) is 15.0 Å². The second kappa shape index (κ2) is 10.5. The van der Waals surface area contributed by atoms with Crippen LogP contribution in [0.15, 0.2) is 164 Å². The van der Waals surface area contributed by atoms with Gasteiger partial charge in [-0.3, -0.25) is 9.97 Å². The third-order valence-electron chi connectivity index (χ3n) is 9.68. The highest BCUT2D eigenvalue weighted by molar-refractivity contribution is 6.25. The maximum Gasteiger partial charge on any atom is 0.0972 e. The molecule has 10 aromatic rings. The Morgan fingerprint density at radius 2 is 0.979 bits per heavy atom. The van der Waals surface area contributed by atoms with Crippen molar-refractivity contribution in [2.24, 2.45) is 0 Å². The van der Waals surface area contributed by atoms with Crippen molar-refractivity contribution >= 4 is 54.1 Å². The van der Waals surface area contributed by atoms with Crippen molar-refractivity contribution in [2.45, 2.75) is 0 Å². The topological polar surface area (TPSA) is 38.7 Å². The van der Waals surface area contributed by atoms with Gasteiger partial charge in [-0.05, 0) is 97.0 Å². The summed E-state index contributed by atoms with van der Waals surface area (Å²) < 4.78 is 0. The van der Waals surface area contributed by atoms with Gasteiger partial charge in [0.15, 0.2) is 0 Å². The summed E-state index contributed by atoms with van der Waals surface area (Å²) in [5.74, 6) is 0. The molecule has 0 unspecified atom stereocenters. The van der Waals surface area contributed by atoms with E-state index in [2.05, 4.69) is 132 Å². The number of nitrogens with zero attached hydrogens (tertiary/aromatic N) is 3. The van der Waals surface area contributed by atoms with Gasteiger partial charge in [-0.2, -0.15) is 0 Å². The summed E-state index contributed by atoms with van der Waals surface area (Å²) in [6.45, 7) is 0. The lowest BCUT2D eigenvalue weighted by Crippen LogP contribution is -1.92. The third kappa shape index (κ3) is 4.25. The van der Waals surface area contributed by atoms with Gasteiger partial charge < -0.3 is 0 Å². The number of fused-ring (bicyclic) bond motifs is 3. The molecule has 48 heavy (non-hydrogen) atoms. The maximum atomic E-state index is 5.26. The first-order chi connectivity index (χ1) is 23.8. The molecular weight excluding hydrogens is 583 g/mol. The summed E-state index contributed by atoms with van der Waals surface area (Å²) in [4.78, 5) is 14.5. The van der Waals surface area contributed by atoms with E-state index in [0.717, 1.165) is 61.0 Å². The molecule has 0 aliphatic heterocycles. The van der Waals surface area contributed by atoms with E-state index in [1.807, 2.05) is 36.7 Å². The monoisotopic (exact) mass is 609 g/mol. The van der Waals surface area contributed by atoms with Crippen LogP contribution in [0.25, 0.3) is 98.9 Å². The fourth-order valence-electron chi connectivity index (χ4n) is 7.34. The van der Waals surface area contributed by atoms with Crippen molar-refractivity contribution in [3.63, 3.8) is 0 Å². The van der Waals surface area contributed by atoms with Gasteiger partial charge in [-0.25, -0.2) is 4.98 Å². The molecule has 222 valence electrons. The molecule has 0 saturated heterocycles. The fourth-order valence-corrected chi connectivity index (χ4v) is 7.34. The molecule has 3 heteroatoms. The van der Waals surface area contributed by atoms with Gasteiger partial charge in [0.05, 0.1) is 22.4 Å². The SMILES string of the molecule is c1ccc(-c2ccc(-c3cc(-c4ccc5ccc6cccnc6c5n4)cc(-c4ccc5ccc6cccc7ccc4c5c67)c3)cc2)nc1. The molecule has 3 aromatic heterocycles. The molecule has 7 aromatic carbocycles. The minimum Gasteiger partial charge on any atom is -0.256 e. The van der Waals surface area contributed by atoms with Crippen LogP contribution in [0.3, 0.4) is 0 Å². The van der Waals surface area contributed by atoms with Crippen molar-refractivity contribution in [3.8, 4) is 44.8 Å². The largest absolute Gasteiger partial charge is 0.256 e. The predicted molar refractivity (Wildman–Crippen MR) is 200 cm³/mol. The van der Waals surface area contributed by atoms with Crippen LogP contribution >= 0.6 is 0 Å². The Morgan fingerprint density at radius 3 is 1.81 bits per heavy atom. The summed E-state index contributed by atoms with van der Waals surface area (Å²) in [6.07, 6.45) is 3.68. The van der Waals surface area contributed by atoms with E-state index in [9.17, 15) is 0 Å². The highest BCUT2D eigenvalue weighted by Crippen LogP contribution is 2.41. The lowest BCUT2D eigenvalue weighted by molar-refractivity contribution is 1.33. The average Bonchev–Trinajstić information content (AvgIpc) is 3.17. The molecular formula is C45H27N3. The Morgan fingerprint density at radius 1 is 0.333 bits per heavy atom. The Bertz CT molecular complexity index is 2800. The van der Waals surface area contributed by atoms with E-state index in [4.69, 9.17) is 9.97 Å². The molecule has 0 amide bonds. The van der Waals surface area contributed by atoms with Crippen molar-refractivity contribution in [1.29, 1.82) is 0 Å². The molecule has 10 rings (SSSR count). The minimum atomic E-state index is 0.917. The van der Waals surface area contributed by atoms with Gasteiger partial charge in [0.1, 0.15) is 0 Å². The molecule has 0 aliphatic rings. The van der Waals surface area contributed by atoms with Crippen molar-refractivity contribution in [2.75, 3.05) is 0 Å². The standard InChI is InChI=1S/C45H27N3/c1-2-23-46-40(8-1)29-11-9-28(10-12-29)35-25-36(38-20-17-32-14-13-30-5-3-6-31-18-21-39(38)43(32)42(30)31)27-37(26-35)41-22-19-34-16-15-33-7-4-24-47-44(33)45(34)48-41/h1-27H. The smallest absolute Gasteiger partial charge is 0.0972 e. The third-order valence-corrected chi connectivity index (χ3v) is 9.68. The van der Waals surface area contributed by atoms with Gasteiger partial charge in [0.2, 0.25) is 0 Å². The van der Waals surface area contributed by atoms with Crippen LogP contribution in [0.1, 0.15) is 0 Å².